The zero-order chi connectivity index (χ0) is 18.0. The monoisotopic (exact) mass is 368 g/mol. The number of carbonyl (C=O) groups excluding carboxylic acids is 1. The number of unbranched alkanes of at least 4 members (excludes halogenated alkanes) is 8. The fourth-order valence-electron chi connectivity index (χ4n) is 2.64. The maximum Gasteiger partial charge on any atom is 1.00 e. The summed E-state index contributed by atoms with van der Waals surface area (Å²) >= 11 is 0. The van der Waals surface area contributed by atoms with E-state index >= 15 is 0 Å². The molecule has 1 amide bonds. The second kappa shape index (κ2) is 20.2. The summed E-state index contributed by atoms with van der Waals surface area (Å²) in [5.41, 5.74) is 0. The van der Waals surface area contributed by atoms with Crippen LogP contribution in [-0.2, 0) is 9.59 Å². The normalized spacial score (nSPS) is 10.5. The van der Waals surface area contributed by atoms with Crippen molar-refractivity contribution in [3.8, 4) is 0 Å². The number of aliphatic carboxylic acids is 1. The first kappa shape index (κ1) is 27.1. The average Bonchev–Trinajstić information content (AvgIpc) is 2.53. The van der Waals surface area contributed by atoms with E-state index < -0.39 is 5.97 Å². The van der Waals surface area contributed by atoms with Gasteiger partial charge in [-0.2, -0.15) is 0 Å². The molecule has 0 saturated heterocycles. The van der Waals surface area contributed by atoms with Crippen molar-refractivity contribution in [3.05, 3.63) is 0 Å². The summed E-state index contributed by atoms with van der Waals surface area (Å²) in [6, 6.07) is 0. The molecule has 0 heterocycles. The van der Waals surface area contributed by atoms with E-state index in [9.17, 15) is 9.59 Å². The van der Waals surface area contributed by atoms with Gasteiger partial charge in [-0.05, 0) is 6.42 Å². The summed E-state index contributed by atoms with van der Waals surface area (Å²) in [6.07, 6.45) is 11.6. The first-order valence-electron chi connectivity index (χ1n) is 9.41. The number of carboxylic acids is 1. The van der Waals surface area contributed by atoms with Gasteiger partial charge in [-0.1, -0.05) is 58.3 Å². The molecule has 0 aliphatic carbocycles. The van der Waals surface area contributed by atoms with Gasteiger partial charge in [0.15, 0.2) is 0 Å². The van der Waals surface area contributed by atoms with Crippen molar-refractivity contribution in [2.45, 2.75) is 71.1 Å². The molecule has 0 fully saturated rings. The van der Waals surface area contributed by atoms with Crippen LogP contribution in [0.25, 0.3) is 0 Å². The molecular formula is C18H37N2NaO4. The van der Waals surface area contributed by atoms with Crippen molar-refractivity contribution >= 4 is 11.9 Å². The average molecular weight is 368 g/mol. The van der Waals surface area contributed by atoms with E-state index in [2.05, 4.69) is 12.2 Å². The van der Waals surface area contributed by atoms with Crippen molar-refractivity contribution < 1.29 is 50.8 Å². The summed E-state index contributed by atoms with van der Waals surface area (Å²) < 4.78 is 0. The van der Waals surface area contributed by atoms with Crippen molar-refractivity contribution in [3.63, 3.8) is 0 Å². The maximum atomic E-state index is 11.7. The van der Waals surface area contributed by atoms with Gasteiger partial charge in [-0.15, -0.1) is 0 Å². The summed E-state index contributed by atoms with van der Waals surface area (Å²) in [5, 5.41) is 20.5. The molecule has 0 saturated carbocycles. The second-order valence-electron chi connectivity index (χ2n) is 6.32. The van der Waals surface area contributed by atoms with E-state index in [4.69, 9.17) is 10.2 Å². The fourth-order valence-corrected chi connectivity index (χ4v) is 2.64. The summed E-state index contributed by atoms with van der Waals surface area (Å²) in [7, 11) is 0. The van der Waals surface area contributed by atoms with Gasteiger partial charge in [0.1, 0.15) is 0 Å². The Kier molecular flexibility index (Phi) is 21.9. The molecule has 144 valence electrons. The number of nitrogens with one attached hydrogen (secondary N) is 1. The van der Waals surface area contributed by atoms with Crippen molar-refractivity contribution in [1.29, 1.82) is 0 Å². The standard InChI is InChI=1S/C18H36N2O4.Na.H/c1-2-3-4-5-6-7-8-9-10-11-17(22)19-12-13-20(14-15-21)16-18(23)24;;/h21H,2-16H2,1H3,(H,19,22)(H,23,24);;/q;+1;-1. The molecule has 0 spiro atoms. The molecule has 0 bridgehead atoms. The molecule has 7 heteroatoms. The van der Waals surface area contributed by atoms with Crippen molar-refractivity contribution in [2.75, 3.05) is 32.8 Å². The van der Waals surface area contributed by atoms with Crippen LogP contribution >= 0.6 is 0 Å². The van der Waals surface area contributed by atoms with Crippen LogP contribution in [0.2, 0.25) is 0 Å². The zero-order valence-corrected chi connectivity index (χ0v) is 18.3. The SMILES string of the molecule is CCCCCCCCCCCC(=O)NCCN(CCO)CC(=O)O.[H-].[Na+]. The molecule has 6 nitrogen and oxygen atoms in total. The van der Waals surface area contributed by atoms with Crippen LogP contribution in [0.15, 0.2) is 0 Å². The van der Waals surface area contributed by atoms with Gasteiger partial charge in [0.05, 0.1) is 13.2 Å². The van der Waals surface area contributed by atoms with Gasteiger partial charge in [0, 0.05) is 26.1 Å². The fraction of sp³-hybridized carbons (Fsp3) is 0.889. The Morgan fingerprint density at radius 2 is 1.52 bits per heavy atom. The van der Waals surface area contributed by atoms with Crippen LogP contribution in [0.3, 0.4) is 0 Å². The Morgan fingerprint density at radius 3 is 2.04 bits per heavy atom. The molecule has 0 aliphatic heterocycles. The predicted octanol–water partition coefficient (Wildman–Crippen LogP) is -0.481. The van der Waals surface area contributed by atoms with E-state index in [0.29, 0.717) is 26.1 Å². The van der Waals surface area contributed by atoms with E-state index in [1.807, 2.05) is 0 Å². The van der Waals surface area contributed by atoms with Gasteiger partial charge in [-0.25, -0.2) is 0 Å². The molecule has 0 aromatic carbocycles. The second-order valence-corrected chi connectivity index (χ2v) is 6.32. The van der Waals surface area contributed by atoms with E-state index in [1.54, 1.807) is 4.90 Å². The van der Waals surface area contributed by atoms with E-state index in [1.165, 1.54) is 44.9 Å². The molecule has 0 aromatic heterocycles. The Morgan fingerprint density at radius 1 is 0.960 bits per heavy atom. The number of aliphatic hydroxyl groups is 1. The number of rotatable bonds is 17. The van der Waals surface area contributed by atoms with Gasteiger partial charge >= 0.3 is 35.5 Å². The number of aliphatic hydroxyl groups excluding tert-OH is 1. The van der Waals surface area contributed by atoms with E-state index in [-0.39, 0.29) is 50.0 Å². The van der Waals surface area contributed by atoms with Crippen LogP contribution in [0.1, 0.15) is 72.6 Å². The van der Waals surface area contributed by atoms with Crippen LogP contribution in [0.4, 0.5) is 0 Å². The van der Waals surface area contributed by atoms with Crippen LogP contribution in [0, 0.1) is 0 Å². The molecular weight excluding hydrogens is 331 g/mol. The quantitative estimate of drug-likeness (QED) is 0.238. The summed E-state index contributed by atoms with van der Waals surface area (Å²) in [5.74, 6) is -0.901. The topological polar surface area (TPSA) is 89.9 Å². The van der Waals surface area contributed by atoms with Gasteiger partial charge < -0.3 is 17.0 Å². The molecule has 25 heavy (non-hydrogen) atoms. The predicted molar refractivity (Wildman–Crippen MR) is 97.1 cm³/mol. The Hall–Kier alpha value is -0.140. The first-order valence-corrected chi connectivity index (χ1v) is 9.41. The molecule has 0 aliphatic rings. The third-order valence-corrected chi connectivity index (χ3v) is 4.03. The largest absolute Gasteiger partial charge is 1.00 e. The third-order valence-electron chi connectivity index (χ3n) is 4.03. The molecule has 0 atom stereocenters. The number of hydrogen-bond donors (Lipinski definition) is 3. The Bertz CT molecular complexity index is 336. The number of carboxylic acid groups (broad SMARTS) is 1. The number of nitrogens with zero attached hydrogens (tertiary/aromatic N) is 1. The van der Waals surface area contributed by atoms with Crippen LogP contribution < -0.4 is 34.9 Å². The van der Waals surface area contributed by atoms with Crippen molar-refractivity contribution in [2.24, 2.45) is 0 Å². The molecule has 3 N–H and O–H groups in total. The Labute approximate surface area is 176 Å². The summed E-state index contributed by atoms with van der Waals surface area (Å²) in [6.45, 7) is 3.19. The van der Waals surface area contributed by atoms with Gasteiger partial charge in [0.2, 0.25) is 5.91 Å². The minimum absolute atomic E-state index is 0. The smallest absolute Gasteiger partial charge is 1.00 e. The summed E-state index contributed by atoms with van der Waals surface area (Å²) in [4.78, 5) is 24.0. The van der Waals surface area contributed by atoms with Gasteiger partial charge in [-0.3, -0.25) is 14.5 Å². The molecule has 0 aromatic rings. The van der Waals surface area contributed by atoms with Gasteiger partial charge in [0.25, 0.3) is 0 Å². The molecule has 0 unspecified atom stereocenters. The number of amides is 1. The van der Waals surface area contributed by atoms with Crippen LogP contribution in [-0.4, -0.2) is 59.8 Å². The number of hydrogen-bond acceptors (Lipinski definition) is 4. The minimum atomic E-state index is -0.926. The minimum Gasteiger partial charge on any atom is -1.00 e. The van der Waals surface area contributed by atoms with E-state index in [0.717, 1.165) is 12.8 Å². The van der Waals surface area contributed by atoms with Crippen LogP contribution in [0.5, 0.6) is 0 Å². The third kappa shape index (κ3) is 20.0. The zero-order valence-electron chi connectivity index (χ0n) is 17.3. The molecule has 0 rings (SSSR count). The Balaban J connectivity index is -0.00000264. The van der Waals surface area contributed by atoms with Crippen molar-refractivity contribution in [1.82, 2.24) is 10.2 Å². The maximum absolute atomic E-state index is 11.7. The number of carbonyl (C=O) groups is 2. The first-order chi connectivity index (χ1) is 11.6. The molecule has 0 radical (unpaired) electrons.